The Kier molecular flexibility index (Phi) is 4.69. The third kappa shape index (κ3) is 4.34. The highest BCUT2D eigenvalue weighted by molar-refractivity contribution is 7.80. The summed E-state index contributed by atoms with van der Waals surface area (Å²) in [6, 6.07) is 12.0. The van der Waals surface area contributed by atoms with Gasteiger partial charge in [-0.1, -0.05) is 29.8 Å². The van der Waals surface area contributed by atoms with Crippen molar-refractivity contribution < 1.29 is 13.2 Å². The van der Waals surface area contributed by atoms with Gasteiger partial charge < -0.3 is 10.6 Å². The van der Waals surface area contributed by atoms with Crippen molar-refractivity contribution in [3.05, 3.63) is 59.1 Å². The molecule has 0 atom stereocenters. The molecule has 0 spiro atoms. The van der Waals surface area contributed by atoms with Crippen molar-refractivity contribution in [1.82, 2.24) is 0 Å². The molecule has 0 saturated carbocycles. The summed E-state index contributed by atoms with van der Waals surface area (Å²) in [5.41, 5.74) is 0.0231. The Morgan fingerprint density at radius 1 is 1.00 bits per heavy atom. The molecule has 2 rings (SSSR count). The Balaban J connectivity index is 2.14. The molecular formula is C14H10ClF3N2S. The van der Waals surface area contributed by atoms with Crippen LogP contribution in [0.25, 0.3) is 0 Å². The van der Waals surface area contributed by atoms with Crippen LogP contribution in [-0.2, 0) is 6.18 Å². The first-order valence-corrected chi connectivity index (χ1v) is 6.64. The fourth-order valence-electron chi connectivity index (χ4n) is 1.60. The zero-order valence-corrected chi connectivity index (χ0v) is 12.1. The second-order valence-electron chi connectivity index (χ2n) is 4.14. The zero-order chi connectivity index (χ0) is 15.5. The molecule has 2 aromatic carbocycles. The van der Waals surface area contributed by atoms with Crippen LogP contribution < -0.4 is 10.6 Å². The Bertz CT molecular complexity index is 644. The molecule has 21 heavy (non-hydrogen) atoms. The molecule has 0 aliphatic heterocycles. The molecular weight excluding hydrogens is 321 g/mol. The van der Waals surface area contributed by atoms with E-state index in [1.54, 1.807) is 12.1 Å². The van der Waals surface area contributed by atoms with Gasteiger partial charge >= 0.3 is 6.18 Å². The molecule has 0 fully saturated rings. The summed E-state index contributed by atoms with van der Waals surface area (Å²) in [6.07, 6.45) is -4.44. The predicted molar refractivity (Wildman–Crippen MR) is 82.7 cm³/mol. The van der Waals surface area contributed by atoms with Gasteiger partial charge in [0.15, 0.2) is 5.11 Å². The van der Waals surface area contributed by atoms with Gasteiger partial charge in [-0.15, -0.1) is 0 Å². The summed E-state index contributed by atoms with van der Waals surface area (Å²) in [5, 5.41) is 5.82. The second kappa shape index (κ2) is 6.32. The number of hydrogen-bond donors (Lipinski definition) is 2. The average Bonchev–Trinajstić information content (AvgIpc) is 2.41. The molecule has 2 N–H and O–H groups in total. The Labute approximate surface area is 129 Å². The number of nitrogens with one attached hydrogen (secondary N) is 2. The lowest BCUT2D eigenvalue weighted by Crippen LogP contribution is -2.19. The first-order chi connectivity index (χ1) is 9.86. The van der Waals surface area contributed by atoms with Crippen molar-refractivity contribution in [3.63, 3.8) is 0 Å². The van der Waals surface area contributed by atoms with Gasteiger partial charge in [0.25, 0.3) is 0 Å². The molecule has 7 heteroatoms. The summed E-state index contributed by atoms with van der Waals surface area (Å²) < 4.78 is 38.0. The minimum absolute atomic E-state index is 0.0972. The van der Waals surface area contributed by atoms with Gasteiger partial charge in [-0.2, -0.15) is 13.2 Å². The fraction of sp³-hybridized carbons (Fsp3) is 0.0714. The predicted octanol–water partition coefficient (Wildman–Crippen LogP) is 5.17. The molecule has 2 nitrogen and oxygen atoms in total. The number of halogens is 4. The molecule has 0 aromatic heterocycles. The largest absolute Gasteiger partial charge is 0.416 e. The summed E-state index contributed by atoms with van der Waals surface area (Å²) in [5.74, 6) is 0. The van der Waals surface area contributed by atoms with Gasteiger partial charge in [0.2, 0.25) is 0 Å². The van der Waals surface area contributed by atoms with Gasteiger partial charge in [0.05, 0.1) is 16.3 Å². The van der Waals surface area contributed by atoms with E-state index >= 15 is 0 Å². The monoisotopic (exact) mass is 330 g/mol. The van der Waals surface area contributed by atoms with E-state index in [0.717, 1.165) is 17.8 Å². The number of thiocarbonyl (C=S) groups is 1. The molecule has 0 heterocycles. The van der Waals surface area contributed by atoms with E-state index in [9.17, 15) is 13.2 Å². The van der Waals surface area contributed by atoms with Crippen LogP contribution in [0.1, 0.15) is 5.56 Å². The van der Waals surface area contributed by atoms with Crippen LogP contribution in [0.15, 0.2) is 48.5 Å². The zero-order valence-electron chi connectivity index (χ0n) is 10.5. The van der Waals surface area contributed by atoms with Crippen molar-refractivity contribution in [2.75, 3.05) is 10.6 Å². The van der Waals surface area contributed by atoms with E-state index in [1.165, 1.54) is 6.07 Å². The van der Waals surface area contributed by atoms with Gasteiger partial charge in [-0.3, -0.25) is 0 Å². The van der Waals surface area contributed by atoms with Gasteiger partial charge in [-0.05, 0) is 42.5 Å². The third-order valence-electron chi connectivity index (χ3n) is 2.57. The molecule has 0 unspecified atom stereocenters. The molecule has 0 aliphatic carbocycles. The number of hydrogen-bond acceptors (Lipinski definition) is 1. The first-order valence-electron chi connectivity index (χ1n) is 5.86. The highest BCUT2D eigenvalue weighted by Crippen LogP contribution is 2.33. The molecule has 110 valence electrons. The van der Waals surface area contributed by atoms with E-state index in [4.69, 9.17) is 23.8 Å². The molecule has 0 bridgehead atoms. The van der Waals surface area contributed by atoms with Gasteiger partial charge in [0, 0.05) is 5.69 Å². The maximum atomic E-state index is 12.7. The average molecular weight is 331 g/mol. The van der Waals surface area contributed by atoms with E-state index in [1.807, 2.05) is 18.2 Å². The SMILES string of the molecule is FC(F)(F)c1ccc(Cl)c(NC(=S)Nc2ccccc2)c1. The number of benzene rings is 2. The minimum atomic E-state index is -4.44. The quantitative estimate of drug-likeness (QED) is 0.743. The Morgan fingerprint density at radius 3 is 2.29 bits per heavy atom. The molecule has 0 saturated heterocycles. The van der Waals surface area contributed by atoms with Crippen molar-refractivity contribution in [3.8, 4) is 0 Å². The van der Waals surface area contributed by atoms with Crippen LogP contribution in [-0.4, -0.2) is 5.11 Å². The van der Waals surface area contributed by atoms with Crippen LogP contribution >= 0.6 is 23.8 Å². The standard InChI is InChI=1S/C14H10ClF3N2S/c15-11-7-6-9(14(16,17)18)8-12(11)20-13(21)19-10-4-2-1-3-5-10/h1-8H,(H2,19,20,21). The van der Waals surface area contributed by atoms with Crippen LogP contribution in [0.5, 0.6) is 0 Å². The maximum absolute atomic E-state index is 12.7. The van der Waals surface area contributed by atoms with Gasteiger partial charge in [0.1, 0.15) is 0 Å². The van der Waals surface area contributed by atoms with Crippen LogP contribution in [0.3, 0.4) is 0 Å². The van der Waals surface area contributed by atoms with E-state index in [0.29, 0.717) is 0 Å². The van der Waals surface area contributed by atoms with Crippen LogP contribution in [0.4, 0.5) is 24.5 Å². The normalized spacial score (nSPS) is 11.0. The van der Waals surface area contributed by atoms with Crippen molar-refractivity contribution >= 4 is 40.3 Å². The van der Waals surface area contributed by atoms with E-state index in [-0.39, 0.29) is 15.8 Å². The molecule has 2 aromatic rings. The number of anilines is 2. The Morgan fingerprint density at radius 2 is 1.67 bits per heavy atom. The van der Waals surface area contributed by atoms with E-state index < -0.39 is 11.7 Å². The van der Waals surface area contributed by atoms with Crippen LogP contribution in [0.2, 0.25) is 5.02 Å². The summed E-state index contributed by atoms with van der Waals surface area (Å²) >= 11 is 10.9. The number of rotatable bonds is 2. The van der Waals surface area contributed by atoms with E-state index in [2.05, 4.69) is 10.6 Å². The second-order valence-corrected chi connectivity index (χ2v) is 4.95. The maximum Gasteiger partial charge on any atom is 0.416 e. The minimum Gasteiger partial charge on any atom is -0.332 e. The Hall–Kier alpha value is -1.79. The lowest BCUT2D eigenvalue weighted by Gasteiger charge is -2.14. The topological polar surface area (TPSA) is 24.1 Å². The summed E-state index contributed by atoms with van der Waals surface area (Å²) in [6.45, 7) is 0. The molecule has 0 aliphatic rings. The summed E-state index contributed by atoms with van der Waals surface area (Å²) in [4.78, 5) is 0. The van der Waals surface area contributed by atoms with Gasteiger partial charge in [-0.25, -0.2) is 0 Å². The van der Waals surface area contributed by atoms with Crippen molar-refractivity contribution in [2.45, 2.75) is 6.18 Å². The smallest absolute Gasteiger partial charge is 0.332 e. The highest BCUT2D eigenvalue weighted by atomic mass is 35.5. The van der Waals surface area contributed by atoms with Crippen molar-refractivity contribution in [1.29, 1.82) is 0 Å². The summed E-state index contributed by atoms with van der Waals surface area (Å²) in [7, 11) is 0. The number of para-hydroxylation sites is 1. The molecule has 0 amide bonds. The lowest BCUT2D eigenvalue weighted by atomic mass is 10.2. The highest BCUT2D eigenvalue weighted by Gasteiger charge is 2.31. The third-order valence-corrected chi connectivity index (χ3v) is 3.11. The fourth-order valence-corrected chi connectivity index (χ4v) is 2.00. The number of alkyl halides is 3. The van der Waals surface area contributed by atoms with Crippen LogP contribution in [0, 0.1) is 0 Å². The molecule has 0 radical (unpaired) electrons. The first kappa shape index (κ1) is 15.6. The lowest BCUT2D eigenvalue weighted by molar-refractivity contribution is -0.137. The van der Waals surface area contributed by atoms with Crippen molar-refractivity contribution in [2.24, 2.45) is 0 Å².